The summed E-state index contributed by atoms with van der Waals surface area (Å²) >= 11 is 5.80. The van der Waals surface area contributed by atoms with Gasteiger partial charge in [0.05, 0.1) is 0 Å². The second-order valence-electron chi connectivity index (χ2n) is 1.16. The van der Waals surface area contributed by atoms with Crippen LogP contribution in [-0.4, -0.2) is 13.8 Å². The Morgan fingerprint density at radius 3 is 1.36 bits per heavy atom. The van der Waals surface area contributed by atoms with Crippen molar-refractivity contribution in [2.24, 2.45) is 0 Å². The molecule has 0 aliphatic rings. The Morgan fingerprint density at radius 1 is 0.909 bits per heavy atom. The lowest BCUT2D eigenvalue weighted by molar-refractivity contribution is 0.170. The van der Waals surface area contributed by atoms with Crippen molar-refractivity contribution in [3.8, 4) is 0 Å². The highest BCUT2D eigenvalue weighted by atomic mass is 127. The Hall–Kier alpha value is 2.30. The highest BCUT2D eigenvalue weighted by Crippen LogP contribution is 2.50. The van der Waals surface area contributed by atoms with Crippen molar-refractivity contribution in [1.29, 1.82) is 0 Å². The maximum absolute atomic E-state index is 11.3. The predicted molar refractivity (Wildman–Crippen MR) is 67.5 cm³/mol. The van der Waals surface area contributed by atoms with Gasteiger partial charge < -0.3 is 0 Å². The second-order valence-corrected chi connectivity index (χ2v) is 4.70. The molecule has 0 amide bonds. The maximum Gasteiger partial charge on any atom is 0.477 e. The summed E-state index contributed by atoms with van der Waals surface area (Å²) < 4.78 is 26.6. The second kappa shape index (κ2) is 7.68. The van der Waals surface area contributed by atoms with E-state index < -0.39 is 7.82 Å². The average Bonchev–Trinajstić information content (AvgIpc) is 1.88. The molecule has 0 N–H and O–H groups in total. The first-order valence-electron chi connectivity index (χ1n) is 2.40. The minimum Gasteiger partial charge on any atom is -0.276 e. The van der Waals surface area contributed by atoms with Gasteiger partial charge in [-0.1, -0.05) is 67.8 Å². The molecule has 0 saturated carbocycles. The lowest BCUT2D eigenvalue weighted by atomic mass is 11.8. The van der Waals surface area contributed by atoms with E-state index in [0.717, 1.165) is 0 Å². The summed E-state index contributed by atoms with van der Waals surface area (Å²) in [6.07, 6.45) is 0. The third-order valence-corrected chi connectivity index (χ3v) is 4.37. The summed E-state index contributed by atoms with van der Waals surface area (Å²) in [6.45, 7) is 0. The van der Waals surface area contributed by atoms with Crippen LogP contribution in [0.15, 0.2) is 0 Å². The number of rotatable bonds is 6. The van der Waals surface area contributed by atoms with Crippen LogP contribution in [0.2, 0.25) is 0 Å². The van der Waals surface area contributed by atoms with Crippen LogP contribution in [0.1, 0.15) is 0 Å². The molecule has 0 rings (SSSR count). The van der Waals surface area contributed by atoms with Crippen LogP contribution in [0.25, 0.3) is 0 Å². The van der Waals surface area contributed by atoms with E-state index >= 15 is 0 Å². The van der Waals surface area contributed by atoms with Crippen LogP contribution in [0.4, 0.5) is 0 Å². The molecule has 0 spiro atoms. The van der Waals surface area contributed by atoms with Gasteiger partial charge in [0.2, 0.25) is 0 Å². The Labute approximate surface area is 106 Å². The van der Waals surface area contributed by atoms with E-state index in [1.165, 1.54) is 0 Å². The van der Waals surface area contributed by atoms with E-state index in [4.69, 9.17) is 13.6 Å². The molecular weight excluding hydrogens is 512 g/mol. The van der Waals surface area contributed by atoms with E-state index in [1.807, 2.05) is 67.8 Å². The van der Waals surface area contributed by atoms with Gasteiger partial charge >= 0.3 is 7.82 Å². The molecule has 0 aromatic rings. The van der Waals surface area contributed by atoms with Crippen molar-refractivity contribution in [2.45, 2.75) is 0 Å². The topological polar surface area (TPSA) is 44.8 Å². The van der Waals surface area contributed by atoms with Crippen LogP contribution in [-0.2, 0) is 18.1 Å². The molecular formula is C3H6I3O4P. The first kappa shape index (κ1) is 13.3. The molecule has 0 fully saturated rings. The van der Waals surface area contributed by atoms with Crippen molar-refractivity contribution < 1.29 is 18.1 Å². The Kier molecular flexibility index (Phi) is 9.29. The van der Waals surface area contributed by atoms with Gasteiger partial charge in [0, 0.05) is 0 Å². The van der Waals surface area contributed by atoms with Gasteiger partial charge in [0.15, 0.2) is 0 Å². The summed E-state index contributed by atoms with van der Waals surface area (Å²) in [7, 11) is -3.24. The monoisotopic (exact) mass is 518 g/mol. The Morgan fingerprint density at radius 2 is 1.18 bits per heavy atom. The SMILES string of the molecule is O=P(OCI)(OCI)OCI. The van der Waals surface area contributed by atoms with Gasteiger partial charge in [0.1, 0.15) is 13.8 Å². The molecule has 0 heterocycles. The van der Waals surface area contributed by atoms with E-state index in [-0.39, 0.29) is 0 Å². The van der Waals surface area contributed by atoms with Crippen LogP contribution in [0.3, 0.4) is 0 Å². The van der Waals surface area contributed by atoms with Crippen molar-refractivity contribution >= 4 is 75.6 Å². The number of phosphoric ester groups is 1. The number of hydrogen-bond donors (Lipinski definition) is 0. The molecule has 0 aromatic heterocycles. The zero-order valence-corrected chi connectivity index (χ0v) is 12.7. The van der Waals surface area contributed by atoms with Crippen molar-refractivity contribution in [2.75, 3.05) is 13.8 Å². The minimum absolute atomic E-state index is 0.294. The zero-order chi connectivity index (χ0) is 8.74. The normalized spacial score (nSPS) is 11.9. The summed E-state index contributed by atoms with van der Waals surface area (Å²) in [6, 6.07) is 0. The summed E-state index contributed by atoms with van der Waals surface area (Å²) in [4.78, 5) is 0. The molecule has 11 heavy (non-hydrogen) atoms. The van der Waals surface area contributed by atoms with Gasteiger partial charge in [0.25, 0.3) is 0 Å². The first-order valence-corrected chi connectivity index (χ1v) is 8.44. The molecule has 0 unspecified atom stereocenters. The molecule has 68 valence electrons. The number of phosphoric acid groups is 1. The van der Waals surface area contributed by atoms with Gasteiger partial charge in [-0.25, -0.2) is 4.57 Å². The summed E-state index contributed by atoms with van der Waals surface area (Å²) in [5, 5.41) is 0. The third-order valence-electron chi connectivity index (χ3n) is 0.621. The molecule has 0 aliphatic heterocycles. The highest BCUT2D eigenvalue weighted by Gasteiger charge is 2.24. The molecule has 0 radical (unpaired) electrons. The minimum atomic E-state index is -3.24. The molecule has 0 bridgehead atoms. The highest BCUT2D eigenvalue weighted by molar-refractivity contribution is 14.1. The molecule has 0 aliphatic carbocycles. The maximum atomic E-state index is 11.3. The van der Waals surface area contributed by atoms with E-state index in [1.54, 1.807) is 0 Å². The zero-order valence-electron chi connectivity index (χ0n) is 5.34. The fraction of sp³-hybridized carbons (Fsp3) is 1.00. The quantitative estimate of drug-likeness (QED) is 0.308. The van der Waals surface area contributed by atoms with Crippen molar-refractivity contribution in [1.82, 2.24) is 0 Å². The molecule has 8 heteroatoms. The van der Waals surface area contributed by atoms with E-state index in [0.29, 0.717) is 13.8 Å². The van der Waals surface area contributed by atoms with E-state index in [2.05, 4.69) is 0 Å². The Balaban J connectivity index is 3.91. The standard InChI is InChI=1S/C3H6I3O4P/c4-1-8-11(7,9-2-5)10-3-6/h1-3H2. The number of alkyl halides is 3. The lowest BCUT2D eigenvalue weighted by Gasteiger charge is -2.13. The van der Waals surface area contributed by atoms with Crippen molar-refractivity contribution in [3.05, 3.63) is 0 Å². The predicted octanol–water partition coefficient (Wildman–Crippen LogP) is 3.32. The third kappa shape index (κ3) is 6.38. The van der Waals surface area contributed by atoms with Crippen LogP contribution in [0.5, 0.6) is 0 Å². The fourth-order valence-electron chi connectivity index (χ4n) is 0.291. The molecule has 0 atom stereocenters. The van der Waals surface area contributed by atoms with Crippen LogP contribution < -0.4 is 0 Å². The van der Waals surface area contributed by atoms with Crippen molar-refractivity contribution in [3.63, 3.8) is 0 Å². The van der Waals surface area contributed by atoms with Crippen LogP contribution >= 0.6 is 75.6 Å². The summed E-state index contributed by atoms with van der Waals surface area (Å²) in [5.41, 5.74) is 0. The van der Waals surface area contributed by atoms with Crippen LogP contribution in [0, 0.1) is 0 Å². The molecule has 0 aromatic carbocycles. The van der Waals surface area contributed by atoms with Gasteiger partial charge in [-0.3, -0.25) is 13.6 Å². The van der Waals surface area contributed by atoms with Gasteiger partial charge in [-0.05, 0) is 0 Å². The molecule has 0 saturated heterocycles. The average molecular weight is 518 g/mol. The smallest absolute Gasteiger partial charge is 0.276 e. The summed E-state index contributed by atoms with van der Waals surface area (Å²) in [5.74, 6) is 0. The first-order chi connectivity index (χ1) is 5.18. The van der Waals surface area contributed by atoms with Gasteiger partial charge in [-0.2, -0.15) is 0 Å². The van der Waals surface area contributed by atoms with E-state index in [9.17, 15) is 4.57 Å². The lowest BCUT2D eigenvalue weighted by Crippen LogP contribution is -1.96. The largest absolute Gasteiger partial charge is 0.477 e. The fourth-order valence-corrected chi connectivity index (χ4v) is 3.94. The molecule has 4 nitrogen and oxygen atoms in total. The Bertz CT molecular complexity index is 119. The van der Waals surface area contributed by atoms with Gasteiger partial charge in [-0.15, -0.1) is 0 Å². The number of halogens is 3. The number of hydrogen-bond acceptors (Lipinski definition) is 4.